The molecule has 0 N–H and O–H groups in total. The summed E-state index contributed by atoms with van der Waals surface area (Å²) in [4.78, 5) is 0. The van der Waals surface area contributed by atoms with Crippen molar-refractivity contribution in [1.82, 2.24) is 0 Å². The van der Waals surface area contributed by atoms with Crippen LogP contribution in [-0.2, 0) is 16.2 Å². The molecule has 0 aromatic heterocycles. The summed E-state index contributed by atoms with van der Waals surface area (Å²) < 4.78 is 59.8. The van der Waals surface area contributed by atoms with Gasteiger partial charge in [0.15, 0.2) is 0 Å². The smallest absolute Gasteiger partial charge is 0.274 e. The highest BCUT2D eigenvalue weighted by atomic mass is 32.2. The van der Waals surface area contributed by atoms with Crippen LogP contribution in [0.15, 0.2) is 24.3 Å². The highest BCUT2D eigenvalue weighted by Crippen LogP contribution is 2.30. The van der Waals surface area contributed by atoms with Gasteiger partial charge in [-0.3, -0.25) is 4.31 Å². The molecule has 0 aliphatic carbocycles. The van der Waals surface area contributed by atoms with E-state index >= 15 is 0 Å². The van der Waals surface area contributed by atoms with Crippen molar-refractivity contribution in [2.75, 3.05) is 17.6 Å². The summed E-state index contributed by atoms with van der Waals surface area (Å²) >= 11 is 0. The minimum Gasteiger partial charge on any atom is -0.274 e. The number of hydrogen-bond donors (Lipinski definition) is 0. The van der Waals surface area contributed by atoms with Crippen LogP contribution in [-0.4, -0.2) is 21.7 Å². The Hall–Kier alpha value is -1.24. The van der Waals surface area contributed by atoms with Gasteiger partial charge in [0.1, 0.15) is 0 Å². The van der Waals surface area contributed by atoms with Gasteiger partial charge in [0, 0.05) is 7.05 Å². The predicted molar refractivity (Wildman–Crippen MR) is 54.7 cm³/mol. The van der Waals surface area contributed by atoms with Crippen molar-refractivity contribution in [3.63, 3.8) is 0 Å². The molecule has 90 valence electrons. The van der Waals surface area contributed by atoms with E-state index in [0.29, 0.717) is 0 Å². The van der Waals surface area contributed by atoms with Gasteiger partial charge in [-0.1, -0.05) is 0 Å². The maximum absolute atomic E-state index is 12.2. The van der Waals surface area contributed by atoms with Crippen LogP contribution in [0.3, 0.4) is 0 Å². The molecule has 7 heteroatoms. The Kier molecular flexibility index (Phi) is 3.18. The van der Waals surface area contributed by atoms with E-state index in [4.69, 9.17) is 0 Å². The molecule has 0 unspecified atom stereocenters. The molecule has 0 aliphatic heterocycles. The van der Waals surface area contributed by atoms with Crippen molar-refractivity contribution >= 4 is 15.7 Å². The molecule has 1 aromatic rings. The van der Waals surface area contributed by atoms with Gasteiger partial charge >= 0.3 is 6.18 Å². The minimum atomic E-state index is -4.41. The fraction of sp³-hybridized carbons (Fsp3) is 0.333. The number of halogens is 3. The molecule has 0 heterocycles. The number of alkyl halides is 3. The second-order valence-electron chi connectivity index (χ2n) is 3.28. The van der Waals surface area contributed by atoms with Crippen LogP contribution in [0.5, 0.6) is 0 Å². The zero-order valence-corrected chi connectivity index (χ0v) is 9.43. The second kappa shape index (κ2) is 3.97. The van der Waals surface area contributed by atoms with Crippen molar-refractivity contribution in [2.45, 2.75) is 6.18 Å². The lowest BCUT2D eigenvalue weighted by atomic mass is 10.2. The Morgan fingerprint density at radius 1 is 1.12 bits per heavy atom. The number of rotatable bonds is 2. The van der Waals surface area contributed by atoms with Gasteiger partial charge in [-0.15, -0.1) is 0 Å². The molecule has 0 atom stereocenters. The van der Waals surface area contributed by atoms with Crippen LogP contribution in [0.2, 0.25) is 0 Å². The van der Waals surface area contributed by atoms with Crippen molar-refractivity contribution in [2.24, 2.45) is 0 Å². The van der Waals surface area contributed by atoms with Crippen molar-refractivity contribution < 1.29 is 21.6 Å². The largest absolute Gasteiger partial charge is 0.416 e. The lowest BCUT2D eigenvalue weighted by Gasteiger charge is -2.17. The molecule has 0 saturated heterocycles. The van der Waals surface area contributed by atoms with Gasteiger partial charge in [0.2, 0.25) is 10.0 Å². The fourth-order valence-electron chi connectivity index (χ4n) is 1.05. The Balaban J connectivity index is 3.05. The van der Waals surface area contributed by atoms with Gasteiger partial charge in [0.25, 0.3) is 0 Å². The van der Waals surface area contributed by atoms with E-state index in [-0.39, 0.29) is 5.69 Å². The van der Waals surface area contributed by atoms with Gasteiger partial charge in [-0.05, 0) is 24.3 Å². The summed E-state index contributed by atoms with van der Waals surface area (Å²) in [5.74, 6) is 0. The Morgan fingerprint density at radius 2 is 1.56 bits per heavy atom. The first-order valence-corrected chi connectivity index (χ1v) is 6.08. The van der Waals surface area contributed by atoms with Gasteiger partial charge in [-0.25, -0.2) is 8.42 Å². The lowest BCUT2D eigenvalue weighted by molar-refractivity contribution is -0.137. The van der Waals surface area contributed by atoms with E-state index < -0.39 is 21.8 Å². The fourth-order valence-corrected chi connectivity index (χ4v) is 1.56. The van der Waals surface area contributed by atoms with Crippen molar-refractivity contribution in [1.29, 1.82) is 0 Å². The van der Waals surface area contributed by atoms with E-state index in [1.807, 2.05) is 0 Å². The minimum absolute atomic E-state index is 0.190. The Bertz CT molecular complexity index is 465. The molecule has 0 fully saturated rings. The zero-order chi connectivity index (χ0) is 12.6. The van der Waals surface area contributed by atoms with E-state index in [2.05, 4.69) is 0 Å². The van der Waals surface area contributed by atoms with Crippen LogP contribution in [0.4, 0.5) is 18.9 Å². The van der Waals surface area contributed by atoms with Crippen LogP contribution >= 0.6 is 0 Å². The molecule has 0 bridgehead atoms. The summed E-state index contributed by atoms with van der Waals surface area (Å²) in [6, 6.07) is 3.92. The summed E-state index contributed by atoms with van der Waals surface area (Å²) in [6.07, 6.45) is -3.44. The Labute approximate surface area is 91.5 Å². The zero-order valence-electron chi connectivity index (χ0n) is 8.62. The van der Waals surface area contributed by atoms with E-state index in [1.54, 1.807) is 0 Å². The van der Waals surface area contributed by atoms with Gasteiger partial charge < -0.3 is 0 Å². The van der Waals surface area contributed by atoms with Crippen LogP contribution in [0, 0.1) is 0 Å². The van der Waals surface area contributed by atoms with Crippen molar-refractivity contribution in [3.8, 4) is 0 Å². The summed E-state index contributed by atoms with van der Waals surface area (Å²) in [5.41, 5.74) is -0.617. The van der Waals surface area contributed by atoms with E-state index in [0.717, 1.165) is 34.8 Å². The first-order valence-electron chi connectivity index (χ1n) is 4.23. The number of benzene rings is 1. The number of sulfonamides is 1. The van der Waals surface area contributed by atoms with Gasteiger partial charge in [0.05, 0.1) is 17.5 Å². The molecule has 1 aromatic carbocycles. The molecule has 1 rings (SSSR count). The molecule has 0 spiro atoms. The molecule has 0 amide bonds. The standard InChI is InChI=1S/C9H10F3NO2S/c1-13(16(2,14)15)8-5-3-7(4-6-8)9(10,11)12/h3-6H,1-2H3. The molecule has 0 aliphatic rings. The first-order chi connectivity index (χ1) is 7.12. The predicted octanol–water partition coefficient (Wildman–Crippen LogP) is 2.10. The molecular formula is C9H10F3NO2S. The van der Waals surface area contributed by atoms with Crippen LogP contribution in [0.25, 0.3) is 0 Å². The van der Waals surface area contributed by atoms with Crippen LogP contribution in [0.1, 0.15) is 5.56 Å². The summed E-state index contributed by atoms with van der Waals surface area (Å²) in [5, 5.41) is 0. The molecule has 3 nitrogen and oxygen atoms in total. The Morgan fingerprint density at radius 3 is 1.88 bits per heavy atom. The number of anilines is 1. The molecule has 0 radical (unpaired) electrons. The molecule has 16 heavy (non-hydrogen) atoms. The van der Waals surface area contributed by atoms with E-state index in [1.165, 1.54) is 7.05 Å². The number of nitrogens with zero attached hydrogens (tertiary/aromatic N) is 1. The quantitative estimate of drug-likeness (QED) is 0.809. The average Bonchev–Trinajstić information content (AvgIpc) is 2.14. The first kappa shape index (κ1) is 12.8. The molecule has 0 saturated carbocycles. The SMILES string of the molecule is CN(c1ccc(C(F)(F)F)cc1)S(C)(=O)=O. The summed E-state index contributed by atoms with van der Waals surface area (Å²) in [7, 11) is -2.18. The third kappa shape index (κ3) is 2.88. The third-order valence-corrected chi connectivity index (χ3v) is 3.26. The lowest BCUT2D eigenvalue weighted by Crippen LogP contribution is -2.24. The van der Waals surface area contributed by atoms with E-state index in [9.17, 15) is 21.6 Å². The van der Waals surface area contributed by atoms with Crippen LogP contribution < -0.4 is 4.31 Å². The van der Waals surface area contributed by atoms with Gasteiger partial charge in [-0.2, -0.15) is 13.2 Å². The number of hydrogen-bond acceptors (Lipinski definition) is 2. The highest BCUT2D eigenvalue weighted by molar-refractivity contribution is 7.92. The monoisotopic (exact) mass is 253 g/mol. The molecular weight excluding hydrogens is 243 g/mol. The normalized spacial score (nSPS) is 12.6. The third-order valence-electron chi connectivity index (χ3n) is 2.06. The maximum atomic E-state index is 12.2. The van der Waals surface area contributed by atoms with Crippen molar-refractivity contribution in [3.05, 3.63) is 29.8 Å². The second-order valence-corrected chi connectivity index (χ2v) is 5.29. The topological polar surface area (TPSA) is 37.4 Å². The summed E-state index contributed by atoms with van der Waals surface area (Å²) in [6.45, 7) is 0. The highest BCUT2D eigenvalue weighted by Gasteiger charge is 2.30. The maximum Gasteiger partial charge on any atom is 0.416 e. The average molecular weight is 253 g/mol.